The van der Waals surface area contributed by atoms with Crippen molar-refractivity contribution in [3.8, 4) is 0 Å². The first kappa shape index (κ1) is 9.49. The predicted molar refractivity (Wildman–Crippen MR) is 51.2 cm³/mol. The monoisotopic (exact) mass is 167 g/mol. The Bertz CT molecular complexity index is 159. The Morgan fingerprint density at radius 1 is 1.42 bits per heavy atom. The number of hydrogen-bond acceptors (Lipinski definition) is 2. The maximum absolute atomic E-state index is 5.25. The third-order valence-corrected chi connectivity index (χ3v) is 1.98. The van der Waals surface area contributed by atoms with Crippen molar-refractivity contribution in [3.63, 3.8) is 0 Å². The van der Waals surface area contributed by atoms with E-state index >= 15 is 0 Å². The van der Waals surface area contributed by atoms with Gasteiger partial charge in [0.15, 0.2) is 0 Å². The van der Waals surface area contributed by atoms with Gasteiger partial charge in [-0.1, -0.05) is 18.2 Å². The number of allylic oxidation sites excluding steroid dienone is 1. The van der Waals surface area contributed by atoms with Gasteiger partial charge >= 0.3 is 0 Å². The SMILES string of the molecule is C=CCC(=C)CN1CCOCC1. The van der Waals surface area contributed by atoms with Crippen LogP contribution in [0.15, 0.2) is 24.8 Å². The van der Waals surface area contributed by atoms with E-state index in [1.54, 1.807) is 0 Å². The molecule has 2 heteroatoms. The summed E-state index contributed by atoms with van der Waals surface area (Å²) < 4.78 is 5.25. The van der Waals surface area contributed by atoms with Crippen LogP contribution in [-0.2, 0) is 4.74 Å². The fourth-order valence-electron chi connectivity index (χ4n) is 1.34. The summed E-state index contributed by atoms with van der Waals surface area (Å²) in [6.45, 7) is 12.5. The molecule has 1 rings (SSSR count). The minimum Gasteiger partial charge on any atom is -0.379 e. The van der Waals surface area contributed by atoms with Gasteiger partial charge in [-0.25, -0.2) is 0 Å². The standard InChI is InChI=1S/C10H17NO/c1-3-4-10(2)9-11-5-7-12-8-6-11/h3H,1-2,4-9H2. The molecule has 1 heterocycles. The molecule has 0 N–H and O–H groups in total. The summed E-state index contributed by atoms with van der Waals surface area (Å²) in [5, 5.41) is 0. The molecular formula is C10H17NO. The molecule has 0 aromatic heterocycles. The van der Waals surface area contributed by atoms with Crippen LogP contribution in [0.3, 0.4) is 0 Å². The highest BCUT2D eigenvalue weighted by molar-refractivity contribution is 5.02. The Balaban J connectivity index is 2.19. The van der Waals surface area contributed by atoms with E-state index < -0.39 is 0 Å². The Kier molecular flexibility index (Phi) is 4.05. The number of morpholine rings is 1. The van der Waals surface area contributed by atoms with Gasteiger partial charge in [0.05, 0.1) is 13.2 Å². The summed E-state index contributed by atoms with van der Waals surface area (Å²) in [5.41, 5.74) is 1.24. The number of hydrogen-bond donors (Lipinski definition) is 0. The van der Waals surface area contributed by atoms with E-state index in [0.29, 0.717) is 0 Å². The highest BCUT2D eigenvalue weighted by Crippen LogP contribution is 2.04. The van der Waals surface area contributed by atoms with Crippen LogP contribution in [0.25, 0.3) is 0 Å². The molecule has 0 bridgehead atoms. The lowest BCUT2D eigenvalue weighted by Gasteiger charge is -2.26. The van der Waals surface area contributed by atoms with E-state index in [1.165, 1.54) is 5.57 Å². The van der Waals surface area contributed by atoms with Crippen molar-refractivity contribution in [2.75, 3.05) is 32.8 Å². The van der Waals surface area contributed by atoms with Crippen LogP contribution in [0.1, 0.15) is 6.42 Å². The van der Waals surface area contributed by atoms with Gasteiger partial charge in [0, 0.05) is 19.6 Å². The zero-order valence-corrected chi connectivity index (χ0v) is 7.59. The summed E-state index contributed by atoms with van der Waals surface area (Å²) in [6, 6.07) is 0. The first-order chi connectivity index (χ1) is 5.83. The quantitative estimate of drug-likeness (QED) is 0.588. The fraction of sp³-hybridized carbons (Fsp3) is 0.600. The molecule has 1 aliphatic heterocycles. The molecule has 0 aromatic rings. The van der Waals surface area contributed by atoms with Crippen LogP contribution in [-0.4, -0.2) is 37.7 Å². The molecule has 1 aliphatic rings. The summed E-state index contributed by atoms with van der Waals surface area (Å²) in [4.78, 5) is 2.37. The van der Waals surface area contributed by atoms with E-state index in [2.05, 4.69) is 18.1 Å². The van der Waals surface area contributed by atoms with Gasteiger partial charge < -0.3 is 4.74 Å². The average molecular weight is 167 g/mol. The van der Waals surface area contributed by atoms with E-state index in [-0.39, 0.29) is 0 Å². The van der Waals surface area contributed by atoms with Crippen LogP contribution >= 0.6 is 0 Å². The second-order valence-corrected chi connectivity index (χ2v) is 3.13. The van der Waals surface area contributed by atoms with Crippen molar-refractivity contribution in [1.82, 2.24) is 4.90 Å². The van der Waals surface area contributed by atoms with Gasteiger partial charge in [-0.05, 0) is 6.42 Å². The molecule has 0 radical (unpaired) electrons. The molecule has 0 amide bonds. The summed E-state index contributed by atoms with van der Waals surface area (Å²) >= 11 is 0. The molecule has 0 saturated carbocycles. The maximum Gasteiger partial charge on any atom is 0.0594 e. The van der Waals surface area contributed by atoms with Gasteiger partial charge in [0.1, 0.15) is 0 Å². The molecule has 0 aliphatic carbocycles. The first-order valence-electron chi connectivity index (χ1n) is 4.40. The largest absolute Gasteiger partial charge is 0.379 e. The van der Waals surface area contributed by atoms with Gasteiger partial charge in [-0.15, -0.1) is 6.58 Å². The fourth-order valence-corrected chi connectivity index (χ4v) is 1.34. The van der Waals surface area contributed by atoms with Gasteiger partial charge in [0.2, 0.25) is 0 Å². The molecule has 1 saturated heterocycles. The molecule has 0 spiro atoms. The van der Waals surface area contributed by atoms with Crippen LogP contribution in [0.2, 0.25) is 0 Å². The van der Waals surface area contributed by atoms with Gasteiger partial charge in [-0.3, -0.25) is 4.90 Å². The zero-order chi connectivity index (χ0) is 8.81. The number of ether oxygens (including phenoxy) is 1. The minimum atomic E-state index is 0.862. The summed E-state index contributed by atoms with van der Waals surface area (Å²) in [5.74, 6) is 0. The number of nitrogens with zero attached hydrogens (tertiary/aromatic N) is 1. The van der Waals surface area contributed by atoms with Crippen molar-refractivity contribution in [1.29, 1.82) is 0 Å². The molecule has 1 fully saturated rings. The van der Waals surface area contributed by atoms with Crippen LogP contribution in [0, 0.1) is 0 Å². The predicted octanol–water partition coefficient (Wildman–Crippen LogP) is 1.45. The molecule has 0 aromatic carbocycles. The van der Waals surface area contributed by atoms with Gasteiger partial charge in [-0.2, -0.15) is 0 Å². The Hall–Kier alpha value is -0.600. The van der Waals surface area contributed by atoms with E-state index in [4.69, 9.17) is 4.74 Å². The lowest BCUT2D eigenvalue weighted by atomic mass is 10.2. The van der Waals surface area contributed by atoms with Crippen LogP contribution < -0.4 is 0 Å². The van der Waals surface area contributed by atoms with Crippen molar-refractivity contribution in [3.05, 3.63) is 24.8 Å². The molecule has 0 unspecified atom stereocenters. The average Bonchev–Trinajstić information content (AvgIpc) is 2.06. The highest BCUT2D eigenvalue weighted by atomic mass is 16.5. The molecule has 2 nitrogen and oxygen atoms in total. The first-order valence-corrected chi connectivity index (χ1v) is 4.40. The van der Waals surface area contributed by atoms with E-state index in [9.17, 15) is 0 Å². The Morgan fingerprint density at radius 2 is 2.08 bits per heavy atom. The minimum absolute atomic E-state index is 0.862. The lowest BCUT2D eigenvalue weighted by Crippen LogP contribution is -2.37. The van der Waals surface area contributed by atoms with Crippen molar-refractivity contribution >= 4 is 0 Å². The molecule has 68 valence electrons. The lowest BCUT2D eigenvalue weighted by molar-refractivity contribution is 0.0421. The third kappa shape index (κ3) is 3.20. The van der Waals surface area contributed by atoms with Crippen molar-refractivity contribution in [2.45, 2.75) is 6.42 Å². The van der Waals surface area contributed by atoms with Crippen LogP contribution in [0.5, 0.6) is 0 Å². The number of rotatable bonds is 4. The van der Waals surface area contributed by atoms with E-state index in [0.717, 1.165) is 39.3 Å². The zero-order valence-electron chi connectivity index (χ0n) is 7.59. The summed E-state index contributed by atoms with van der Waals surface area (Å²) in [7, 11) is 0. The molecule has 12 heavy (non-hydrogen) atoms. The third-order valence-electron chi connectivity index (χ3n) is 1.98. The second kappa shape index (κ2) is 5.12. The normalized spacial score (nSPS) is 19.0. The highest BCUT2D eigenvalue weighted by Gasteiger charge is 2.09. The Morgan fingerprint density at radius 3 is 2.67 bits per heavy atom. The molecule has 0 atom stereocenters. The van der Waals surface area contributed by atoms with Crippen molar-refractivity contribution in [2.24, 2.45) is 0 Å². The maximum atomic E-state index is 5.25. The topological polar surface area (TPSA) is 12.5 Å². The van der Waals surface area contributed by atoms with E-state index in [1.807, 2.05) is 6.08 Å². The Labute approximate surface area is 74.5 Å². The van der Waals surface area contributed by atoms with Gasteiger partial charge in [0.25, 0.3) is 0 Å². The smallest absolute Gasteiger partial charge is 0.0594 e. The van der Waals surface area contributed by atoms with Crippen molar-refractivity contribution < 1.29 is 4.74 Å². The molecular weight excluding hydrogens is 150 g/mol. The second-order valence-electron chi connectivity index (χ2n) is 3.13. The summed E-state index contributed by atoms with van der Waals surface area (Å²) in [6.07, 6.45) is 2.83. The van der Waals surface area contributed by atoms with Crippen LogP contribution in [0.4, 0.5) is 0 Å².